The van der Waals surface area contributed by atoms with Crippen LogP contribution >= 0.6 is 0 Å². The second-order valence-corrected chi connectivity index (χ2v) is 3.18. The average molecular weight is 172 g/mol. The second kappa shape index (κ2) is 3.42. The van der Waals surface area contributed by atoms with Gasteiger partial charge < -0.3 is 5.73 Å². The quantitative estimate of drug-likeness (QED) is 0.693. The fourth-order valence-electron chi connectivity index (χ4n) is 1.04. The van der Waals surface area contributed by atoms with Gasteiger partial charge in [0.25, 0.3) is 0 Å². The van der Waals surface area contributed by atoms with Crippen LogP contribution < -0.4 is 5.73 Å². The molecule has 0 heterocycles. The molecule has 0 aromatic heterocycles. The Bertz CT molecular complexity index is 359. The molecule has 0 fully saturated rings. The molecule has 1 unspecified atom stereocenters. The summed E-state index contributed by atoms with van der Waals surface area (Å²) >= 11 is 0. The van der Waals surface area contributed by atoms with Crippen molar-refractivity contribution in [1.29, 1.82) is 5.26 Å². The number of nitrogens with two attached hydrogens (primary N) is 1. The van der Waals surface area contributed by atoms with E-state index in [2.05, 4.69) is 12.6 Å². The lowest BCUT2D eigenvalue weighted by Crippen LogP contribution is -2.29. The van der Waals surface area contributed by atoms with Crippen LogP contribution in [0.5, 0.6) is 0 Å². The van der Waals surface area contributed by atoms with Crippen molar-refractivity contribution in [2.75, 3.05) is 0 Å². The van der Waals surface area contributed by atoms with Crippen molar-refractivity contribution in [2.45, 2.75) is 12.5 Å². The van der Waals surface area contributed by atoms with Gasteiger partial charge in [-0.1, -0.05) is 18.2 Å². The molecular formula is C11H12N2. The third-order valence-corrected chi connectivity index (χ3v) is 2.04. The smallest absolute Gasteiger partial charge is 0.0991 e. The van der Waals surface area contributed by atoms with Crippen LogP contribution in [0.15, 0.2) is 36.9 Å². The maximum absolute atomic E-state index is 8.68. The molecule has 0 amide bonds. The lowest BCUT2D eigenvalue weighted by molar-refractivity contribution is 0.631. The average Bonchev–Trinajstić information content (AvgIpc) is 2.18. The second-order valence-electron chi connectivity index (χ2n) is 3.18. The summed E-state index contributed by atoms with van der Waals surface area (Å²) in [6.07, 6.45) is 1.67. The summed E-state index contributed by atoms with van der Waals surface area (Å²) in [6, 6.07) is 9.32. The van der Waals surface area contributed by atoms with Gasteiger partial charge in [-0.2, -0.15) is 5.26 Å². The molecule has 0 bridgehead atoms. The van der Waals surface area contributed by atoms with E-state index in [0.717, 1.165) is 5.56 Å². The summed E-state index contributed by atoms with van der Waals surface area (Å²) in [5.74, 6) is 0. The summed E-state index contributed by atoms with van der Waals surface area (Å²) in [5.41, 5.74) is 6.90. The minimum atomic E-state index is -0.563. The molecule has 13 heavy (non-hydrogen) atoms. The van der Waals surface area contributed by atoms with Crippen molar-refractivity contribution in [3.63, 3.8) is 0 Å². The number of nitrogens with zero attached hydrogens (tertiary/aromatic N) is 1. The number of rotatable bonds is 2. The topological polar surface area (TPSA) is 49.8 Å². The van der Waals surface area contributed by atoms with Crippen molar-refractivity contribution in [1.82, 2.24) is 0 Å². The lowest BCUT2D eigenvalue weighted by atomic mass is 9.92. The Kier molecular flexibility index (Phi) is 2.50. The SMILES string of the molecule is C=CC(C)(N)c1cccc(C#N)c1. The van der Waals surface area contributed by atoms with Gasteiger partial charge in [-0.3, -0.25) is 0 Å². The molecule has 2 N–H and O–H groups in total. The molecule has 1 aromatic carbocycles. The van der Waals surface area contributed by atoms with Crippen LogP contribution in [-0.2, 0) is 5.54 Å². The molecular weight excluding hydrogens is 160 g/mol. The molecule has 2 nitrogen and oxygen atoms in total. The monoisotopic (exact) mass is 172 g/mol. The number of hydrogen-bond donors (Lipinski definition) is 1. The molecule has 66 valence electrons. The molecule has 0 aliphatic carbocycles. The zero-order valence-electron chi connectivity index (χ0n) is 7.62. The highest BCUT2D eigenvalue weighted by molar-refractivity contribution is 5.37. The molecule has 2 heteroatoms. The van der Waals surface area contributed by atoms with Crippen molar-refractivity contribution in [2.24, 2.45) is 5.73 Å². The highest BCUT2D eigenvalue weighted by Gasteiger charge is 2.16. The first-order valence-corrected chi connectivity index (χ1v) is 4.03. The van der Waals surface area contributed by atoms with Gasteiger partial charge in [0.1, 0.15) is 0 Å². The van der Waals surface area contributed by atoms with Gasteiger partial charge in [0, 0.05) is 0 Å². The molecule has 1 rings (SSSR count). The summed E-state index contributed by atoms with van der Waals surface area (Å²) in [4.78, 5) is 0. The molecule has 0 radical (unpaired) electrons. The Hall–Kier alpha value is -1.59. The van der Waals surface area contributed by atoms with Crippen molar-refractivity contribution >= 4 is 0 Å². The van der Waals surface area contributed by atoms with E-state index >= 15 is 0 Å². The minimum absolute atomic E-state index is 0.563. The van der Waals surface area contributed by atoms with Crippen LogP contribution in [0.25, 0.3) is 0 Å². The van der Waals surface area contributed by atoms with E-state index in [1.165, 1.54) is 0 Å². The molecule has 0 aliphatic rings. The maximum Gasteiger partial charge on any atom is 0.0991 e. The highest BCUT2D eigenvalue weighted by atomic mass is 14.7. The van der Waals surface area contributed by atoms with Crippen molar-refractivity contribution < 1.29 is 0 Å². The lowest BCUT2D eigenvalue weighted by Gasteiger charge is -2.20. The van der Waals surface area contributed by atoms with Gasteiger partial charge in [-0.25, -0.2) is 0 Å². The highest BCUT2D eigenvalue weighted by Crippen LogP contribution is 2.19. The van der Waals surface area contributed by atoms with E-state index in [1.54, 1.807) is 18.2 Å². The van der Waals surface area contributed by atoms with Gasteiger partial charge in [-0.05, 0) is 24.6 Å². The Morgan fingerprint density at radius 3 is 2.85 bits per heavy atom. The van der Waals surface area contributed by atoms with Crippen molar-refractivity contribution in [3.05, 3.63) is 48.0 Å². The standard InChI is InChI=1S/C11H12N2/c1-3-11(2,13)10-6-4-5-9(7-10)8-12/h3-7H,1,13H2,2H3. The predicted octanol–water partition coefficient (Wildman–Crippen LogP) is 1.92. The van der Waals surface area contributed by atoms with Gasteiger partial charge in [-0.15, -0.1) is 6.58 Å². The zero-order chi connectivity index (χ0) is 9.90. The van der Waals surface area contributed by atoms with Crippen LogP contribution in [0.1, 0.15) is 18.1 Å². The Morgan fingerprint density at radius 1 is 1.62 bits per heavy atom. The van der Waals surface area contributed by atoms with Crippen molar-refractivity contribution in [3.8, 4) is 6.07 Å². The molecule has 1 aromatic rings. The summed E-state index contributed by atoms with van der Waals surface area (Å²) in [6.45, 7) is 5.51. The predicted molar refractivity (Wildman–Crippen MR) is 52.9 cm³/mol. The fraction of sp³-hybridized carbons (Fsp3) is 0.182. The zero-order valence-corrected chi connectivity index (χ0v) is 7.62. The Labute approximate surface area is 78.3 Å². The van der Waals surface area contributed by atoms with E-state index in [9.17, 15) is 0 Å². The molecule has 0 saturated heterocycles. The number of nitriles is 1. The number of hydrogen-bond acceptors (Lipinski definition) is 2. The van der Waals surface area contributed by atoms with Gasteiger partial charge in [0.05, 0.1) is 17.2 Å². The van der Waals surface area contributed by atoms with Crippen LogP contribution in [0.4, 0.5) is 0 Å². The Balaban J connectivity index is 3.17. The largest absolute Gasteiger partial charge is 0.318 e. The molecule has 0 saturated carbocycles. The molecule has 0 spiro atoms. The van der Waals surface area contributed by atoms with Gasteiger partial charge in [0.15, 0.2) is 0 Å². The van der Waals surface area contributed by atoms with Crippen LogP contribution in [0, 0.1) is 11.3 Å². The summed E-state index contributed by atoms with van der Waals surface area (Å²) in [7, 11) is 0. The molecule has 0 aliphatic heterocycles. The van der Waals surface area contributed by atoms with Crippen LogP contribution in [0.2, 0.25) is 0 Å². The van der Waals surface area contributed by atoms with Gasteiger partial charge in [0.2, 0.25) is 0 Å². The van der Waals surface area contributed by atoms with E-state index in [-0.39, 0.29) is 0 Å². The van der Waals surface area contributed by atoms with E-state index in [1.807, 2.05) is 19.1 Å². The first-order valence-electron chi connectivity index (χ1n) is 4.03. The summed E-state index contributed by atoms with van der Waals surface area (Å²) in [5, 5.41) is 8.68. The third kappa shape index (κ3) is 1.95. The van der Waals surface area contributed by atoms with Crippen LogP contribution in [-0.4, -0.2) is 0 Å². The maximum atomic E-state index is 8.68. The van der Waals surface area contributed by atoms with Crippen LogP contribution in [0.3, 0.4) is 0 Å². The minimum Gasteiger partial charge on any atom is -0.318 e. The first-order chi connectivity index (χ1) is 6.10. The molecule has 1 atom stereocenters. The van der Waals surface area contributed by atoms with E-state index < -0.39 is 5.54 Å². The number of benzene rings is 1. The fourth-order valence-corrected chi connectivity index (χ4v) is 1.04. The summed E-state index contributed by atoms with van der Waals surface area (Å²) < 4.78 is 0. The van der Waals surface area contributed by atoms with Gasteiger partial charge >= 0.3 is 0 Å². The van der Waals surface area contributed by atoms with E-state index in [4.69, 9.17) is 11.0 Å². The Morgan fingerprint density at radius 2 is 2.31 bits per heavy atom. The normalized spacial score (nSPS) is 14.2. The third-order valence-electron chi connectivity index (χ3n) is 2.04. The van der Waals surface area contributed by atoms with E-state index in [0.29, 0.717) is 5.56 Å². The first kappa shape index (κ1) is 9.50.